The number of aromatic hydroxyl groups is 1. The van der Waals surface area contributed by atoms with E-state index in [1.165, 1.54) is 18.2 Å². The van der Waals surface area contributed by atoms with E-state index in [9.17, 15) is 14.3 Å². The van der Waals surface area contributed by atoms with Crippen LogP contribution >= 0.6 is 0 Å². The lowest BCUT2D eigenvalue weighted by molar-refractivity contribution is -0.137. The van der Waals surface area contributed by atoms with Gasteiger partial charge in [0.1, 0.15) is 11.6 Å². The van der Waals surface area contributed by atoms with Crippen LogP contribution in [0.15, 0.2) is 18.2 Å². The van der Waals surface area contributed by atoms with Gasteiger partial charge in [-0.1, -0.05) is 0 Å². The zero-order valence-corrected chi connectivity index (χ0v) is 12.1. The van der Waals surface area contributed by atoms with Crippen molar-refractivity contribution in [2.24, 2.45) is 0 Å². The van der Waals surface area contributed by atoms with Crippen LogP contribution in [0.5, 0.6) is 5.75 Å². The van der Waals surface area contributed by atoms with Crippen LogP contribution < -0.4 is 0 Å². The van der Waals surface area contributed by atoms with E-state index < -0.39 is 5.97 Å². The summed E-state index contributed by atoms with van der Waals surface area (Å²) < 4.78 is 13.3. The number of benzene rings is 1. The molecule has 0 bridgehead atoms. The van der Waals surface area contributed by atoms with E-state index in [4.69, 9.17) is 5.11 Å². The van der Waals surface area contributed by atoms with Crippen molar-refractivity contribution < 1.29 is 19.4 Å². The molecule has 2 rings (SSSR count). The van der Waals surface area contributed by atoms with Gasteiger partial charge in [0.15, 0.2) is 0 Å². The third kappa shape index (κ3) is 4.15. The van der Waals surface area contributed by atoms with Crippen molar-refractivity contribution in [1.29, 1.82) is 0 Å². The number of carbonyl (C=O) groups is 1. The standard InChI is InChI=1S/C15H21FN2O3/c1-11(13-10-12(16)2-3-14(13)19)18-8-6-17(7-9-18)5-4-15(20)21/h2-3,10-11,19H,4-9H2,1H3,(H,20,21). The molecule has 1 saturated heterocycles. The van der Waals surface area contributed by atoms with Gasteiger partial charge >= 0.3 is 5.97 Å². The average Bonchev–Trinajstić information content (AvgIpc) is 2.47. The summed E-state index contributed by atoms with van der Waals surface area (Å²) in [6.07, 6.45) is 0.153. The number of nitrogens with zero attached hydrogens (tertiary/aromatic N) is 2. The molecule has 116 valence electrons. The predicted molar refractivity (Wildman–Crippen MR) is 76.7 cm³/mol. The summed E-state index contributed by atoms with van der Waals surface area (Å²) >= 11 is 0. The number of carboxylic acid groups (broad SMARTS) is 1. The van der Waals surface area contributed by atoms with E-state index >= 15 is 0 Å². The quantitative estimate of drug-likeness (QED) is 0.865. The second-order valence-electron chi connectivity index (χ2n) is 5.40. The van der Waals surface area contributed by atoms with Gasteiger partial charge in [-0.25, -0.2) is 4.39 Å². The summed E-state index contributed by atoms with van der Waals surface area (Å²) in [5.74, 6) is -1.03. The summed E-state index contributed by atoms with van der Waals surface area (Å²) in [5, 5.41) is 18.6. The molecule has 1 heterocycles. The molecule has 0 spiro atoms. The summed E-state index contributed by atoms with van der Waals surface area (Å²) in [7, 11) is 0. The van der Waals surface area contributed by atoms with Gasteiger partial charge in [0.05, 0.1) is 6.42 Å². The topological polar surface area (TPSA) is 64.0 Å². The fourth-order valence-corrected chi connectivity index (χ4v) is 2.68. The molecule has 0 radical (unpaired) electrons. The maximum Gasteiger partial charge on any atom is 0.304 e. The van der Waals surface area contributed by atoms with Crippen LogP contribution in [0.1, 0.15) is 24.9 Å². The number of phenolic OH excluding ortho intramolecular Hbond substituents is 1. The number of phenols is 1. The van der Waals surface area contributed by atoms with Crippen molar-refractivity contribution in [3.8, 4) is 5.75 Å². The minimum atomic E-state index is -0.782. The highest BCUT2D eigenvalue weighted by Gasteiger charge is 2.24. The maximum absolute atomic E-state index is 13.3. The Morgan fingerprint density at radius 2 is 2.00 bits per heavy atom. The monoisotopic (exact) mass is 296 g/mol. The van der Waals surface area contributed by atoms with E-state index in [0.717, 1.165) is 26.2 Å². The highest BCUT2D eigenvalue weighted by atomic mass is 19.1. The van der Waals surface area contributed by atoms with Crippen molar-refractivity contribution in [3.05, 3.63) is 29.6 Å². The first-order valence-electron chi connectivity index (χ1n) is 7.14. The molecule has 1 atom stereocenters. The molecule has 1 aliphatic rings. The molecule has 1 unspecified atom stereocenters. The van der Waals surface area contributed by atoms with Crippen LogP contribution in [0.3, 0.4) is 0 Å². The number of hydrogen-bond donors (Lipinski definition) is 2. The second-order valence-corrected chi connectivity index (χ2v) is 5.40. The molecule has 2 N–H and O–H groups in total. The van der Waals surface area contributed by atoms with Crippen molar-refractivity contribution >= 4 is 5.97 Å². The number of piperazine rings is 1. The summed E-state index contributed by atoms with van der Waals surface area (Å²) in [5.41, 5.74) is 0.592. The Kier molecular flexibility index (Phi) is 5.14. The lowest BCUT2D eigenvalue weighted by atomic mass is 10.0. The molecule has 1 fully saturated rings. The molecule has 21 heavy (non-hydrogen) atoms. The molecule has 6 heteroatoms. The normalized spacial score (nSPS) is 18.6. The lowest BCUT2D eigenvalue weighted by Crippen LogP contribution is -2.47. The summed E-state index contributed by atoms with van der Waals surface area (Å²) in [4.78, 5) is 14.9. The highest BCUT2D eigenvalue weighted by Crippen LogP contribution is 2.29. The molecule has 0 aromatic heterocycles. The van der Waals surface area contributed by atoms with Gasteiger partial charge in [-0.2, -0.15) is 0 Å². The molecule has 1 aliphatic heterocycles. The maximum atomic E-state index is 13.3. The van der Waals surface area contributed by atoms with Crippen molar-refractivity contribution in [1.82, 2.24) is 9.80 Å². The summed E-state index contributed by atoms with van der Waals surface area (Å²) in [6.45, 7) is 5.62. The van der Waals surface area contributed by atoms with Gasteiger partial charge in [0, 0.05) is 44.3 Å². The SMILES string of the molecule is CC(c1cc(F)ccc1O)N1CCN(CCC(=O)O)CC1. The Morgan fingerprint density at radius 1 is 1.33 bits per heavy atom. The molecule has 0 saturated carbocycles. The number of rotatable bonds is 5. The van der Waals surface area contributed by atoms with E-state index in [-0.39, 0.29) is 24.0 Å². The third-order valence-electron chi connectivity index (χ3n) is 4.04. The predicted octanol–water partition coefficient (Wildman–Crippen LogP) is 1.68. The van der Waals surface area contributed by atoms with E-state index in [1.807, 2.05) is 6.92 Å². The molecular weight excluding hydrogens is 275 g/mol. The molecule has 1 aromatic carbocycles. The van der Waals surface area contributed by atoms with E-state index in [1.54, 1.807) is 0 Å². The highest BCUT2D eigenvalue weighted by molar-refractivity contribution is 5.66. The first-order valence-corrected chi connectivity index (χ1v) is 7.14. The van der Waals surface area contributed by atoms with Crippen LogP contribution in [0.25, 0.3) is 0 Å². The third-order valence-corrected chi connectivity index (χ3v) is 4.04. The van der Waals surface area contributed by atoms with Gasteiger partial charge in [-0.05, 0) is 25.1 Å². The molecular formula is C15H21FN2O3. The van der Waals surface area contributed by atoms with Gasteiger partial charge in [-0.15, -0.1) is 0 Å². The summed E-state index contributed by atoms with van der Waals surface area (Å²) in [6, 6.07) is 3.93. The average molecular weight is 296 g/mol. The number of carboxylic acids is 1. The first-order chi connectivity index (χ1) is 9.97. The second kappa shape index (κ2) is 6.87. The van der Waals surface area contributed by atoms with Crippen LogP contribution in [0, 0.1) is 5.82 Å². The Morgan fingerprint density at radius 3 is 2.62 bits per heavy atom. The largest absolute Gasteiger partial charge is 0.508 e. The van der Waals surface area contributed by atoms with E-state index in [0.29, 0.717) is 12.1 Å². The van der Waals surface area contributed by atoms with Gasteiger partial charge < -0.3 is 15.1 Å². The molecule has 1 aromatic rings. The molecule has 0 aliphatic carbocycles. The number of halogens is 1. The zero-order chi connectivity index (χ0) is 15.4. The van der Waals surface area contributed by atoms with Crippen LogP contribution in [-0.2, 0) is 4.79 Å². The zero-order valence-electron chi connectivity index (χ0n) is 12.1. The van der Waals surface area contributed by atoms with Crippen LogP contribution in [0.4, 0.5) is 4.39 Å². The lowest BCUT2D eigenvalue weighted by Gasteiger charge is -2.38. The van der Waals surface area contributed by atoms with Crippen molar-refractivity contribution in [2.75, 3.05) is 32.7 Å². The molecule has 5 nitrogen and oxygen atoms in total. The van der Waals surface area contributed by atoms with Gasteiger partial charge in [0.25, 0.3) is 0 Å². The fourth-order valence-electron chi connectivity index (χ4n) is 2.68. The van der Waals surface area contributed by atoms with Gasteiger partial charge in [-0.3, -0.25) is 9.69 Å². The first kappa shape index (κ1) is 15.7. The van der Waals surface area contributed by atoms with Gasteiger partial charge in [0.2, 0.25) is 0 Å². The minimum absolute atomic E-state index is 0.0673. The Labute approximate surface area is 123 Å². The Balaban J connectivity index is 1.92. The fraction of sp³-hybridized carbons (Fsp3) is 0.533. The van der Waals surface area contributed by atoms with E-state index in [2.05, 4.69) is 9.80 Å². The molecule has 0 amide bonds. The Bertz CT molecular complexity index is 502. The van der Waals surface area contributed by atoms with Crippen molar-refractivity contribution in [3.63, 3.8) is 0 Å². The smallest absolute Gasteiger partial charge is 0.304 e. The Hall–Kier alpha value is -1.66. The number of hydrogen-bond acceptors (Lipinski definition) is 4. The van der Waals surface area contributed by atoms with Crippen molar-refractivity contribution in [2.45, 2.75) is 19.4 Å². The number of aliphatic carboxylic acids is 1. The van der Waals surface area contributed by atoms with Crippen LogP contribution in [-0.4, -0.2) is 58.7 Å². The minimum Gasteiger partial charge on any atom is -0.508 e. The van der Waals surface area contributed by atoms with Crippen LogP contribution in [0.2, 0.25) is 0 Å².